The predicted molar refractivity (Wildman–Crippen MR) is 81.2 cm³/mol. The van der Waals surface area contributed by atoms with Crippen LogP contribution in [0, 0.1) is 5.92 Å². The molecule has 0 radical (unpaired) electrons. The van der Waals surface area contributed by atoms with Gasteiger partial charge in [0.1, 0.15) is 0 Å². The van der Waals surface area contributed by atoms with Crippen LogP contribution < -0.4 is 10.6 Å². The Kier molecular flexibility index (Phi) is 6.84. The molecule has 1 fully saturated rings. The highest BCUT2D eigenvalue weighted by atomic mass is 16.1. The summed E-state index contributed by atoms with van der Waals surface area (Å²) in [6.07, 6.45) is 8.53. The van der Waals surface area contributed by atoms with Gasteiger partial charge in [-0.1, -0.05) is 25.7 Å². The zero-order chi connectivity index (χ0) is 14.3. The number of amides is 1. The van der Waals surface area contributed by atoms with Crippen LogP contribution in [-0.2, 0) is 4.79 Å². The molecule has 1 amide bonds. The Balaban J connectivity index is 2.23. The molecule has 19 heavy (non-hydrogen) atoms. The topological polar surface area (TPSA) is 41.1 Å². The van der Waals surface area contributed by atoms with E-state index in [9.17, 15) is 4.79 Å². The number of nitrogens with one attached hydrogen (secondary N) is 2. The van der Waals surface area contributed by atoms with Crippen LogP contribution in [0.5, 0.6) is 0 Å². The fourth-order valence-corrected chi connectivity index (χ4v) is 2.81. The first-order chi connectivity index (χ1) is 8.88. The third-order valence-electron chi connectivity index (χ3n) is 4.00. The van der Waals surface area contributed by atoms with E-state index in [0.29, 0.717) is 18.4 Å². The van der Waals surface area contributed by atoms with Crippen LogP contribution in [-0.4, -0.2) is 24.0 Å². The molecule has 0 aromatic rings. The maximum absolute atomic E-state index is 11.9. The van der Waals surface area contributed by atoms with Crippen LogP contribution in [0.25, 0.3) is 0 Å². The van der Waals surface area contributed by atoms with E-state index in [1.165, 1.54) is 38.5 Å². The summed E-state index contributed by atoms with van der Waals surface area (Å²) in [4.78, 5) is 11.9. The summed E-state index contributed by atoms with van der Waals surface area (Å²) in [5.41, 5.74) is 0.0905. The number of carbonyl (C=O) groups is 1. The molecule has 0 unspecified atom stereocenters. The first-order valence-corrected chi connectivity index (χ1v) is 7.93. The molecule has 1 atom stereocenters. The van der Waals surface area contributed by atoms with Crippen LogP contribution in [0.1, 0.15) is 72.6 Å². The molecule has 0 bridgehead atoms. The SMILES string of the molecule is C[C@H](NC(=O)CCNC(C)(C)C)C1CCCCCC1. The van der Waals surface area contributed by atoms with Gasteiger partial charge in [-0.25, -0.2) is 0 Å². The summed E-state index contributed by atoms with van der Waals surface area (Å²) in [6, 6.07) is 0.334. The monoisotopic (exact) mass is 268 g/mol. The van der Waals surface area contributed by atoms with Crippen molar-refractivity contribution in [3.63, 3.8) is 0 Å². The molecule has 1 rings (SSSR count). The molecule has 3 nitrogen and oxygen atoms in total. The molecule has 112 valence electrons. The van der Waals surface area contributed by atoms with Gasteiger partial charge in [0.05, 0.1) is 0 Å². The Hall–Kier alpha value is -0.570. The van der Waals surface area contributed by atoms with Gasteiger partial charge in [0, 0.05) is 24.5 Å². The van der Waals surface area contributed by atoms with Gasteiger partial charge in [-0.3, -0.25) is 4.79 Å². The summed E-state index contributed by atoms with van der Waals surface area (Å²) in [7, 11) is 0. The fourth-order valence-electron chi connectivity index (χ4n) is 2.81. The second kappa shape index (κ2) is 7.88. The average molecular weight is 268 g/mol. The average Bonchev–Trinajstić information content (AvgIpc) is 2.55. The van der Waals surface area contributed by atoms with E-state index >= 15 is 0 Å². The largest absolute Gasteiger partial charge is 0.353 e. The highest BCUT2D eigenvalue weighted by Gasteiger charge is 2.20. The second-order valence-corrected chi connectivity index (χ2v) is 7.03. The third kappa shape index (κ3) is 7.56. The molecule has 0 aromatic carbocycles. The van der Waals surface area contributed by atoms with Crippen molar-refractivity contribution in [1.82, 2.24) is 10.6 Å². The van der Waals surface area contributed by atoms with E-state index in [1.807, 2.05) is 0 Å². The lowest BCUT2D eigenvalue weighted by atomic mass is 9.93. The highest BCUT2D eigenvalue weighted by molar-refractivity contribution is 5.76. The van der Waals surface area contributed by atoms with Crippen molar-refractivity contribution in [2.45, 2.75) is 84.2 Å². The van der Waals surface area contributed by atoms with Gasteiger partial charge >= 0.3 is 0 Å². The molecule has 2 N–H and O–H groups in total. The van der Waals surface area contributed by atoms with Crippen molar-refractivity contribution in [1.29, 1.82) is 0 Å². The van der Waals surface area contributed by atoms with Crippen molar-refractivity contribution in [2.24, 2.45) is 5.92 Å². The van der Waals surface area contributed by atoms with Crippen LogP contribution in [0.3, 0.4) is 0 Å². The van der Waals surface area contributed by atoms with Gasteiger partial charge < -0.3 is 10.6 Å². The van der Waals surface area contributed by atoms with E-state index < -0.39 is 0 Å². The third-order valence-corrected chi connectivity index (χ3v) is 4.00. The smallest absolute Gasteiger partial charge is 0.221 e. The van der Waals surface area contributed by atoms with Gasteiger partial charge in [0.2, 0.25) is 5.91 Å². The van der Waals surface area contributed by atoms with Crippen molar-refractivity contribution in [3.8, 4) is 0 Å². The number of hydrogen-bond donors (Lipinski definition) is 2. The minimum atomic E-state index is 0.0905. The van der Waals surface area contributed by atoms with Gasteiger partial charge in [-0.05, 0) is 46.5 Å². The van der Waals surface area contributed by atoms with Crippen molar-refractivity contribution >= 4 is 5.91 Å². The molecule has 0 spiro atoms. The fraction of sp³-hybridized carbons (Fsp3) is 0.938. The molecule has 0 aliphatic heterocycles. The Morgan fingerprint density at radius 3 is 2.26 bits per heavy atom. The first-order valence-electron chi connectivity index (χ1n) is 7.93. The normalized spacial score (nSPS) is 19.8. The van der Waals surface area contributed by atoms with E-state index in [0.717, 1.165) is 6.54 Å². The quantitative estimate of drug-likeness (QED) is 0.752. The summed E-state index contributed by atoms with van der Waals surface area (Å²) >= 11 is 0. The summed E-state index contributed by atoms with van der Waals surface area (Å²) in [5.74, 6) is 0.871. The standard InChI is InChI=1S/C16H32N2O/c1-13(14-9-7-5-6-8-10-14)18-15(19)11-12-17-16(2,3)4/h13-14,17H,5-12H2,1-4H3,(H,18,19)/t13-/m0/s1. The lowest BCUT2D eigenvalue weighted by Gasteiger charge is -2.24. The zero-order valence-corrected chi connectivity index (χ0v) is 13.2. The number of hydrogen-bond acceptors (Lipinski definition) is 2. The lowest BCUT2D eigenvalue weighted by Crippen LogP contribution is -2.41. The Morgan fingerprint density at radius 1 is 1.16 bits per heavy atom. The molecule has 3 heteroatoms. The number of rotatable bonds is 5. The molecule has 1 aliphatic carbocycles. The van der Waals surface area contributed by atoms with Crippen molar-refractivity contribution in [3.05, 3.63) is 0 Å². The molecule has 1 aliphatic rings. The maximum atomic E-state index is 11.9. The summed E-state index contributed by atoms with van der Waals surface area (Å²) in [5, 5.41) is 6.54. The predicted octanol–water partition coefficient (Wildman–Crippen LogP) is 3.24. The van der Waals surface area contributed by atoms with E-state index in [4.69, 9.17) is 0 Å². The van der Waals surface area contributed by atoms with Crippen LogP contribution in [0.2, 0.25) is 0 Å². The van der Waals surface area contributed by atoms with Gasteiger partial charge in [0.25, 0.3) is 0 Å². The minimum Gasteiger partial charge on any atom is -0.353 e. The maximum Gasteiger partial charge on any atom is 0.221 e. The summed E-state index contributed by atoms with van der Waals surface area (Å²) < 4.78 is 0. The van der Waals surface area contributed by atoms with E-state index in [2.05, 4.69) is 38.3 Å². The van der Waals surface area contributed by atoms with Crippen molar-refractivity contribution in [2.75, 3.05) is 6.54 Å². The zero-order valence-electron chi connectivity index (χ0n) is 13.2. The second-order valence-electron chi connectivity index (χ2n) is 7.03. The molecule has 0 saturated heterocycles. The van der Waals surface area contributed by atoms with Crippen LogP contribution in [0.4, 0.5) is 0 Å². The Bertz CT molecular complexity index is 262. The Labute approximate surface area is 118 Å². The van der Waals surface area contributed by atoms with Gasteiger partial charge in [0.15, 0.2) is 0 Å². The molecule has 0 aromatic heterocycles. The van der Waals surface area contributed by atoms with Gasteiger partial charge in [-0.2, -0.15) is 0 Å². The van der Waals surface area contributed by atoms with Crippen LogP contribution >= 0.6 is 0 Å². The Morgan fingerprint density at radius 2 is 1.74 bits per heavy atom. The lowest BCUT2D eigenvalue weighted by molar-refractivity contribution is -0.122. The van der Waals surface area contributed by atoms with E-state index in [-0.39, 0.29) is 11.4 Å². The molecule has 0 heterocycles. The van der Waals surface area contributed by atoms with Crippen molar-refractivity contribution < 1.29 is 4.79 Å². The first kappa shape index (κ1) is 16.5. The molecular weight excluding hydrogens is 236 g/mol. The highest BCUT2D eigenvalue weighted by Crippen LogP contribution is 2.25. The van der Waals surface area contributed by atoms with E-state index in [1.54, 1.807) is 0 Å². The van der Waals surface area contributed by atoms with Crippen LogP contribution in [0.15, 0.2) is 0 Å². The molecular formula is C16H32N2O. The molecule has 1 saturated carbocycles. The number of carbonyl (C=O) groups excluding carboxylic acids is 1. The van der Waals surface area contributed by atoms with Gasteiger partial charge in [-0.15, -0.1) is 0 Å². The minimum absolute atomic E-state index is 0.0905. The summed E-state index contributed by atoms with van der Waals surface area (Å²) in [6.45, 7) is 9.30.